The summed E-state index contributed by atoms with van der Waals surface area (Å²) in [6.07, 6.45) is 4.48. The third kappa shape index (κ3) is 3.98. The summed E-state index contributed by atoms with van der Waals surface area (Å²) in [5.74, 6) is 1.50. The first kappa shape index (κ1) is 16.8. The van der Waals surface area contributed by atoms with Crippen molar-refractivity contribution in [2.45, 2.75) is 52.5 Å². The van der Waals surface area contributed by atoms with E-state index in [0.717, 1.165) is 25.4 Å². The highest BCUT2D eigenvalue weighted by Gasteiger charge is 2.45. The number of amides is 1. The quantitative estimate of drug-likeness (QED) is 0.765. The summed E-state index contributed by atoms with van der Waals surface area (Å²) in [7, 11) is 1.90. The molecule has 0 heterocycles. The smallest absolute Gasteiger partial charge is 0.226 e. The average molecular weight is 296 g/mol. The largest absolute Gasteiger partial charge is 0.379 e. The lowest BCUT2D eigenvalue weighted by atomic mass is 9.61. The molecular weight excluding hydrogens is 264 g/mol. The van der Waals surface area contributed by atoms with Crippen molar-refractivity contribution in [3.05, 3.63) is 0 Å². The first-order valence-electron chi connectivity index (χ1n) is 8.42. The molecule has 3 unspecified atom stereocenters. The Balaban J connectivity index is 1.82. The molecule has 2 aliphatic carbocycles. The van der Waals surface area contributed by atoms with Crippen LogP contribution in [-0.4, -0.2) is 43.7 Å². The number of likely N-dealkylation sites (N-methyl/N-ethyl adjacent to an activating group) is 1. The zero-order valence-corrected chi connectivity index (χ0v) is 14.1. The molecule has 0 aromatic heterocycles. The van der Waals surface area contributed by atoms with Gasteiger partial charge >= 0.3 is 0 Å². The molecule has 21 heavy (non-hydrogen) atoms. The van der Waals surface area contributed by atoms with Crippen molar-refractivity contribution in [1.82, 2.24) is 4.90 Å². The minimum Gasteiger partial charge on any atom is -0.379 e. The van der Waals surface area contributed by atoms with Gasteiger partial charge in [0.15, 0.2) is 0 Å². The van der Waals surface area contributed by atoms with Gasteiger partial charge in [-0.05, 0) is 42.9 Å². The highest BCUT2D eigenvalue weighted by molar-refractivity contribution is 5.79. The maximum atomic E-state index is 12.7. The second-order valence-corrected chi connectivity index (χ2v) is 7.68. The molecule has 2 aliphatic rings. The van der Waals surface area contributed by atoms with E-state index < -0.39 is 0 Å². The maximum Gasteiger partial charge on any atom is 0.226 e. The molecule has 0 spiro atoms. The molecule has 0 bridgehead atoms. The summed E-state index contributed by atoms with van der Waals surface area (Å²) < 4.78 is 5.64. The Morgan fingerprint density at radius 3 is 2.57 bits per heavy atom. The summed E-state index contributed by atoms with van der Waals surface area (Å²) in [6, 6.07) is 0.219. The van der Waals surface area contributed by atoms with Crippen LogP contribution in [0, 0.1) is 23.2 Å². The number of carbonyl (C=O) groups is 1. The van der Waals surface area contributed by atoms with Gasteiger partial charge in [-0.3, -0.25) is 4.79 Å². The van der Waals surface area contributed by atoms with E-state index in [0.29, 0.717) is 19.1 Å². The van der Waals surface area contributed by atoms with Gasteiger partial charge < -0.3 is 15.4 Å². The Kier molecular flexibility index (Phi) is 5.31. The zero-order valence-electron chi connectivity index (χ0n) is 14.1. The van der Waals surface area contributed by atoms with Crippen LogP contribution in [0.25, 0.3) is 0 Å². The second kappa shape index (κ2) is 6.66. The van der Waals surface area contributed by atoms with Gasteiger partial charge in [-0.25, -0.2) is 0 Å². The van der Waals surface area contributed by atoms with Crippen LogP contribution in [-0.2, 0) is 9.53 Å². The Labute approximate surface area is 129 Å². The highest BCUT2D eigenvalue weighted by atomic mass is 16.5. The van der Waals surface area contributed by atoms with Crippen LogP contribution in [0.3, 0.4) is 0 Å². The molecule has 0 aromatic carbocycles. The standard InChI is InChI=1S/C17H32N2O2/c1-12-15(18)8-7-14(17(12,2)3)16(20)19(4)9-10-21-11-13-5-6-13/h12-15H,5-11,18H2,1-4H3. The summed E-state index contributed by atoms with van der Waals surface area (Å²) in [4.78, 5) is 14.6. The third-order valence-corrected chi connectivity index (χ3v) is 5.80. The van der Waals surface area contributed by atoms with Gasteiger partial charge in [-0.1, -0.05) is 20.8 Å². The molecule has 1 amide bonds. The lowest BCUT2D eigenvalue weighted by Gasteiger charge is -2.47. The van der Waals surface area contributed by atoms with Gasteiger partial charge in [-0.2, -0.15) is 0 Å². The molecular formula is C17H32N2O2. The first-order chi connectivity index (χ1) is 9.84. The predicted octanol–water partition coefficient (Wildman–Crippen LogP) is 2.27. The lowest BCUT2D eigenvalue weighted by Crippen LogP contribution is -2.52. The van der Waals surface area contributed by atoms with Gasteiger partial charge in [0.1, 0.15) is 0 Å². The fraction of sp³-hybridized carbons (Fsp3) is 0.941. The van der Waals surface area contributed by atoms with Crippen LogP contribution in [0.4, 0.5) is 0 Å². The van der Waals surface area contributed by atoms with E-state index in [-0.39, 0.29) is 23.3 Å². The van der Waals surface area contributed by atoms with Crippen LogP contribution in [0.5, 0.6) is 0 Å². The molecule has 4 nitrogen and oxygen atoms in total. The highest BCUT2D eigenvalue weighted by Crippen LogP contribution is 2.45. The van der Waals surface area contributed by atoms with E-state index in [9.17, 15) is 4.79 Å². The SMILES string of the molecule is CC1C(N)CCC(C(=O)N(C)CCOCC2CC2)C1(C)C. The molecule has 2 N–H and O–H groups in total. The van der Waals surface area contributed by atoms with E-state index in [4.69, 9.17) is 10.5 Å². The molecule has 0 aliphatic heterocycles. The molecule has 2 fully saturated rings. The molecule has 0 radical (unpaired) electrons. The third-order valence-electron chi connectivity index (χ3n) is 5.80. The van der Waals surface area contributed by atoms with E-state index in [1.165, 1.54) is 12.8 Å². The normalized spacial score (nSPS) is 32.0. The average Bonchev–Trinajstić information content (AvgIpc) is 3.24. The van der Waals surface area contributed by atoms with Crippen LogP contribution in [0.2, 0.25) is 0 Å². The summed E-state index contributed by atoms with van der Waals surface area (Å²) in [6.45, 7) is 8.78. The van der Waals surface area contributed by atoms with Crippen LogP contribution >= 0.6 is 0 Å². The Hall–Kier alpha value is -0.610. The van der Waals surface area contributed by atoms with E-state index in [1.54, 1.807) is 0 Å². The number of hydrogen-bond donors (Lipinski definition) is 1. The van der Waals surface area contributed by atoms with Crippen molar-refractivity contribution in [1.29, 1.82) is 0 Å². The number of hydrogen-bond acceptors (Lipinski definition) is 3. The van der Waals surface area contributed by atoms with Gasteiger partial charge in [0.2, 0.25) is 5.91 Å². The zero-order chi connectivity index (χ0) is 15.6. The van der Waals surface area contributed by atoms with Crippen LogP contribution < -0.4 is 5.73 Å². The number of carbonyl (C=O) groups excluding carboxylic acids is 1. The van der Waals surface area contributed by atoms with Crippen molar-refractivity contribution in [2.75, 3.05) is 26.8 Å². The van der Waals surface area contributed by atoms with Gasteiger partial charge in [0, 0.05) is 32.2 Å². The summed E-state index contributed by atoms with van der Waals surface area (Å²) in [5.41, 5.74) is 6.15. The van der Waals surface area contributed by atoms with Crippen LogP contribution in [0.15, 0.2) is 0 Å². The molecule has 2 saturated carbocycles. The molecule has 122 valence electrons. The monoisotopic (exact) mass is 296 g/mol. The number of ether oxygens (including phenoxy) is 1. The fourth-order valence-corrected chi connectivity index (χ4v) is 3.40. The topological polar surface area (TPSA) is 55.6 Å². The first-order valence-corrected chi connectivity index (χ1v) is 8.42. The van der Waals surface area contributed by atoms with Crippen molar-refractivity contribution < 1.29 is 9.53 Å². The second-order valence-electron chi connectivity index (χ2n) is 7.68. The molecule has 3 atom stereocenters. The van der Waals surface area contributed by atoms with Crippen LogP contribution in [0.1, 0.15) is 46.5 Å². The van der Waals surface area contributed by atoms with Gasteiger partial charge in [0.25, 0.3) is 0 Å². The Bertz CT molecular complexity index is 366. The Morgan fingerprint density at radius 1 is 1.29 bits per heavy atom. The van der Waals surface area contributed by atoms with Crippen molar-refractivity contribution in [3.63, 3.8) is 0 Å². The van der Waals surface area contributed by atoms with E-state index >= 15 is 0 Å². The summed E-state index contributed by atoms with van der Waals surface area (Å²) in [5, 5.41) is 0. The molecule has 0 saturated heterocycles. The number of nitrogens with zero attached hydrogens (tertiary/aromatic N) is 1. The molecule has 0 aromatic rings. The van der Waals surface area contributed by atoms with E-state index in [2.05, 4.69) is 20.8 Å². The van der Waals surface area contributed by atoms with E-state index in [1.807, 2.05) is 11.9 Å². The predicted molar refractivity (Wildman–Crippen MR) is 84.8 cm³/mol. The van der Waals surface area contributed by atoms with Crippen molar-refractivity contribution >= 4 is 5.91 Å². The number of rotatable bonds is 6. The van der Waals surface area contributed by atoms with Crippen molar-refractivity contribution in [2.24, 2.45) is 28.9 Å². The molecule has 2 rings (SSSR count). The van der Waals surface area contributed by atoms with Gasteiger partial charge in [0.05, 0.1) is 6.61 Å². The van der Waals surface area contributed by atoms with Crippen molar-refractivity contribution in [3.8, 4) is 0 Å². The molecule has 4 heteroatoms. The number of nitrogens with two attached hydrogens (primary N) is 1. The van der Waals surface area contributed by atoms with Gasteiger partial charge in [-0.15, -0.1) is 0 Å². The minimum absolute atomic E-state index is 0.0299. The fourth-order valence-electron chi connectivity index (χ4n) is 3.40. The summed E-state index contributed by atoms with van der Waals surface area (Å²) >= 11 is 0. The minimum atomic E-state index is -0.0299. The maximum absolute atomic E-state index is 12.7. The Morgan fingerprint density at radius 2 is 1.95 bits per heavy atom. The lowest BCUT2D eigenvalue weighted by molar-refractivity contribution is -0.142.